The van der Waals surface area contributed by atoms with Crippen LogP contribution in [-0.2, 0) is 14.3 Å². The van der Waals surface area contributed by atoms with Crippen molar-refractivity contribution in [3.63, 3.8) is 0 Å². The first-order valence-electron chi connectivity index (χ1n) is 5.70. The zero-order valence-corrected chi connectivity index (χ0v) is 10.4. The molecular weight excluding hydrogens is 224 g/mol. The fraction of sp³-hybridized carbons (Fsp3) is 0.727. The number of carbonyl (C=O) groups excluding carboxylic acids is 3. The standard InChI is InChI=1S/C11H18N2O4/c1-4-5-8-9(14)12-11(16)13(10(8)15)6-7(2)17-3/h7-8H,4-6H2,1-3H3,(H,12,14,16). The lowest BCUT2D eigenvalue weighted by molar-refractivity contribution is -0.143. The van der Waals surface area contributed by atoms with Crippen LogP contribution in [0.25, 0.3) is 0 Å². The van der Waals surface area contributed by atoms with Crippen LogP contribution in [0.3, 0.4) is 0 Å². The van der Waals surface area contributed by atoms with Crippen LogP contribution in [0.1, 0.15) is 26.7 Å². The van der Waals surface area contributed by atoms with Crippen molar-refractivity contribution in [3.05, 3.63) is 0 Å². The highest BCUT2D eigenvalue weighted by Crippen LogP contribution is 2.16. The van der Waals surface area contributed by atoms with Gasteiger partial charge in [-0.3, -0.25) is 19.8 Å². The van der Waals surface area contributed by atoms with Gasteiger partial charge in [0.15, 0.2) is 0 Å². The van der Waals surface area contributed by atoms with Crippen molar-refractivity contribution in [2.75, 3.05) is 13.7 Å². The van der Waals surface area contributed by atoms with Crippen LogP contribution in [0, 0.1) is 5.92 Å². The summed E-state index contributed by atoms with van der Waals surface area (Å²) in [5, 5.41) is 2.20. The molecule has 2 unspecified atom stereocenters. The third-order valence-corrected chi connectivity index (χ3v) is 2.78. The molecule has 0 spiro atoms. The van der Waals surface area contributed by atoms with E-state index in [-0.39, 0.29) is 12.6 Å². The number of hydrogen-bond donors (Lipinski definition) is 1. The highest BCUT2D eigenvalue weighted by molar-refractivity contribution is 6.16. The largest absolute Gasteiger partial charge is 0.380 e. The molecule has 1 fully saturated rings. The monoisotopic (exact) mass is 242 g/mol. The minimum absolute atomic E-state index is 0.161. The zero-order valence-electron chi connectivity index (χ0n) is 10.4. The van der Waals surface area contributed by atoms with Gasteiger partial charge in [0, 0.05) is 7.11 Å². The van der Waals surface area contributed by atoms with Crippen molar-refractivity contribution in [2.45, 2.75) is 32.8 Å². The summed E-state index contributed by atoms with van der Waals surface area (Å²) >= 11 is 0. The summed E-state index contributed by atoms with van der Waals surface area (Å²) in [6.07, 6.45) is 0.918. The quantitative estimate of drug-likeness (QED) is 0.713. The Morgan fingerprint density at radius 2 is 2.06 bits per heavy atom. The minimum atomic E-state index is -0.748. The molecule has 6 nitrogen and oxygen atoms in total. The first-order chi connectivity index (χ1) is 8.01. The third-order valence-electron chi connectivity index (χ3n) is 2.78. The van der Waals surface area contributed by atoms with Gasteiger partial charge in [0.25, 0.3) is 0 Å². The molecule has 0 aliphatic carbocycles. The third kappa shape index (κ3) is 3.03. The number of nitrogens with zero attached hydrogens (tertiary/aromatic N) is 1. The maximum absolute atomic E-state index is 12.0. The Kier molecular flexibility index (Phi) is 4.62. The van der Waals surface area contributed by atoms with Crippen LogP contribution in [0.4, 0.5) is 4.79 Å². The van der Waals surface area contributed by atoms with Crippen molar-refractivity contribution >= 4 is 17.8 Å². The predicted molar refractivity (Wildman–Crippen MR) is 60.1 cm³/mol. The van der Waals surface area contributed by atoms with Crippen molar-refractivity contribution in [1.29, 1.82) is 0 Å². The normalized spacial score (nSPS) is 22.6. The number of amides is 4. The van der Waals surface area contributed by atoms with Crippen molar-refractivity contribution in [1.82, 2.24) is 10.2 Å². The molecule has 17 heavy (non-hydrogen) atoms. The molecule has 2 atom stereocenters. The predicted octanol–water partition coefficient (Wildman–Crippen LogP) is 0.516. The molecular formula is C11H18N2O4. The minimum Gasteiger partial charge on any atom is -0.380 e. The molecule has 0 bridgehead atoms. The van der Waals surface area contributed by atoms with Crippen LogP contribution in [-0.4, -0.2) is 42.5 Å². The summed E-state index contributed by atoms with van der Waals surface area (Å²) < 4.78 is 5.01. The number of barbiturate groups is 1. The van der Waals surface area contributed by atoms with E-state index in [1.54, 1.807) is 6.92 Å². The lowest BCUT2D eigenvalue weighted by Gasteiger charge is -2.31. The van der Waals surface area contributed by atoms with Gasteiger partial charge in [0.05, 0.1) is 12.6 Å². The van der Waals surface area contributed by atoms with Crippen LogP contribution >= 0.6 is 0 Å². The molecule has 4 amide bonds. The maximum atomic E-state index is 12.0. The Morgan fingerprint density at radius 1 is 1.41 bits per heavy atom. The van der Waals surface area contributed by atoms with Gasteiger partial charge in [0.2, 0.25) is 11.8 Å². The second-order valence-electron chi connectivity index (χ2n) is 4.13. The summed E-state index contributed by atoms with van der Waals surface area (Å²) in [5.41, 5.74) is 0. The molecule has 0 aromatic heterocycles. The average molecular weight is 242 g/mol. The number of carbonyl (C=O) groups is 3. The van der Waals surface area contributed by atoms with E-state index in [1.165, 1.54) is 7.11 Å². The van der Waals surface area contributed by atoms with E-state index >= 15 is 0 Å². The smallest absolute Gasteiger partial charge is 0.330 e. The Balaban J connectivity index is 2.79. The van der Waals surface area contributed by atoms with Crippen molar-refractivity contribution in [2.24, 2.45) is 5.92 Å². The molecule has 1 aliphatic heterocycles. The fourth-order valence-corrected chi connectivity index (χ4v) is 1.71. The highest BCUT2D eigenvalue weighted by Gasteiger charge is 2.39. The first-order valence-corrected chi connectivity index (χ1v) is 5.70. The van der Waals surface area contributed by atoms with Gasteiger partial charge >= 0.3 is 6.03 Å². The second-order valence-corrected chi connectivity index (χ2v) is 4.13. The van der Waals surface area contributed by atoms with E-state index in [0.717, 1.165) is 4.90 Å². The number of urea groups is 1. The molecule has 96 valence electrons. The van der Waals surface area contributed by atoms with Crippen LogP contribution in [0.5, 0.6) is 0 Å². The number of nitrogens with one attached hydrogen (secondary N) is 1. The van der Waals surface area contributed by atoms with Gasteiger partial charge in [-0.2, -0.15) is 0 Å². The average Bonchev–Trinajstić information content (AvgIpc) is 2.29. The molecule has 0 aromatic carbocycles. The number of ether oxygens (including phenoxy) is 1. The molecule has 1 saturated heterocycles. The molecule has 0 saturated carbocycles. The summed E-state index contributed by atoms with van der Waals surface area (Å²) in [7, 11) is 1.51. The molecule has 1 aliphatic rings. The van der Waals surface area contributed by atoms with Crippen LogP contribution in [0.2, 0.25) is 0 Å². The van der Waals surface area contributed by atoms with Gasteiger partial charge in [-0.25, -0.2) is 4.79 Å². The molecule has 6 heteroatoms. The molecule has 1 N–H and O–H groups in total. The SMILES string of the molecule is CCCC1C(=O)NC(=O)N(CC(C)OC)C1=O. The Morgan fingerprint density at radius 3 is 2.59 bits per heavy atom. The van der Waals surface area contributed by atoms with E-state index in [4.69, 9.17) is 4.74 Å². The number of imide groups is 2. The Bertz CT molecular complexity index is 329. The van der Waals surface area contributed by atoms with Crippen LogP contribution in [0.15, 0.2) is 0 Å². The maximum Gasteiger partial charge on any atom is 0.330 e. The number of hydrogen-bond acceptors (Lipinski definition) is 4. The lowest BCUT2D eigenvalue weighted by Crippen LogP contribution is -2.59. The number of rotatable bonds is 5. The van der Waals surface area contributed by atoms with E-state index in [1.807, 2.05) is 6.92 Å². The fourth-order valence-electron chi connectivity index (χ4n) is 1.71. The first kappa shape index (κ1) is 13.6. The molecule has 1 rings (SSSR count). The van der Waals surface area contributed by atoms with Crippen LogP contribution < -0.4 is 5.32 Å². The number of methoxy groups -OCH3 is 1. The highest BCUT2D eigenvalue weighted by atomic mass is 16.5. The van der Waals surface area contributed by atoms with E-state index in [0.29, 0.717) is 12.8 Å². The lowest BCUT2D eigenvalue weighted by atomic mass is 9.99. The summed E-state index contributed by atoms with van der Waals surface area (Å²) in [5.74, 6) is -1.67. The van der Waals surface area contributed by atoms with Gasteiger partial charge in [-0.05, 0) is 13.3 Å². The molecule has 1 heterocycles. The summed E-state index contributed by atoms with van der Waals surface area (Å²) in [4.78, 5) is 36.1. The van der Waals surface area contributed by atoms with Crippen molar-refractivity contribution in [3.8, 4) is 0 Å². The Labute approximate surface area is 100 Å². The van der Waals surface area contributed by atoms with E-state index in [2.05, 4.69) is 5.32 Å². The van der Waals surface area contributed by atoms with Crippen molar-refractivity contribution < 1.29 is 19.1 Å². The molecule has 0 aromatic rings. The Hall–Kier alpha value is -1.43. The summed E-state index contributed by atoms with van der Waals surface area (Å²) in [6.45, 7) is 3.81. The molecule has 0 radical (unpaired) electrons. The van der Waals surface area contributed by atoms with Gasteiger partial charge in [0.1, 0.15) is 5.92 Å². The zero-order chi connectivity index (χ0) is 13.0. The topological polar surface area (TPSA) is 75.7 Å². The van der Waals surface area contributed by atoms with E-state index in [9.17, 15) is 14.4 Å². The second kappa shape index (κ2) is 5.77. The van der Waals surface area contributed by atoms with Gasteiger partial charge in [-0.15, -0.1) is 0 Å². The van der Waals surface area contributed by atoms with Gasteiger partial charge < -0.3 is 4.74 Å². The summed E-state index contributed by atoms with van der Waals surface area (Å²) in [6, 6.07) is -0.656. The van der Waals surface area contributed by atoms with Gasteiger partial charge in [-0.1, -0.05) is 13.3 Å². The van der Waals surface area contributed by atoms with E-state index < -0.39 is 23.8 Å².